The van der Waals surface area contributed by atoms with Crippen LogP contribution in [-0.4, -0.2) is 22.4 Å². The van der Waals surface area contributed by atoms with E-state index in [1.807, 2.05) is 12.1 Å². The fourth-order valence-corrected chi connectivity index (χ4v) is 1.34. The van der Waals surface area contributed by atoms with Crippen LogP contribution < -0.4 is 11.1 Å². The molecule has 88 valence electrons. The number of furan rings is 1. The van der Waals surface area contributed by atoms with E-state index in [4.69, 9.17) is 10.2 Å². The molecule has 17 heavy (non-hydrogen) atoms. The third kappa shape index (κ3) is 3.04. The summed E-state index contributed by atoms with van der Waals surface area (Å²) in [5, 5.41) is 3.04. The summed E-state index contributed by atoms with van der Waals surface area (Å²) in [7, 11) is 0. The molecule has 6 heteroatoms. The molecule has 0 atom stereocenters. The van der Waals surface area contributed by atoms with Crippen LogP contribution in [0.2, 0.25) is 0 Å². The SMILES string of the molecule is NC(=O)c1cncc(NCCc2ccco2)n1. The van der Waals surface area contributed by atoms with Crippen LogP contribution in [0.1, 0.15) is 16.2 Å². The van der Waals surface area contributed by atoms with Gasteiger partial charge < -0.3 is 15.5 Å². The van der Waals surface area contributed by atoms with Crippen molar-refractivity contribution in [1.29, 1.82) is 0 Å². The summed E-state index contributed by atoms with van der Waals surface area (Å²) in [6.07, 6.45) is 5.23. The zero-order valence-electron chi connectivity index (χ0n) is 9.09. The van der Waals surface area contributed by atoms with Crippen molar-refractivity contribution in [3.63, 3.8) is 0 Å². The molecule has 6 nitrogen and oxygen atoms in total. The number of primary amides is 1. The average Bonchev–Trinajstić information content (AvgIpc) is 2.82. The summed E-state index contributed by atoms with van der Waals surface area (Å²) >= 11 is 0. The molecule has 0 aliphatic heterocycles. The Hall–Kier alpha value is -2.37. The summed E-state index contributed by atoms with van der Waals surface area (Å²) in [6.45, 7) is 0.643. The van der Waals surface area contributed by atoms with Gasteiger partial charge in [-0.2, -0.15) is 0 Å². The van der Waals surface area contributed by atoms with Gasteiger partial charge in [0.05, 0.1) is 18.7 Å². The van der Waals surface area contributed by atoms with E-state index >= 15 is 0 Å². The number of amides is 1. The second kappa shape index (κ2) is 5.11. The van der Waals surface area contributed by atoms with Gasteiger partial charge in [0, 0.05) is 13.0 Å². The fourth-order valence-electron chi connectivity index (χ4n) is 1.34. The maximum absolute atomic E-state index is 10.9. The van der Waals surface area contributed by atoms with Gasteiger partial charge in [-0.1, -0.05) is 0 Å². The molecule has 2 aromatic heterocycles. The van der Waals surface area contributed by atoms with Crippen LogP contribution in [-0.2, 0) is 6.42 Å². The van der Waals surface area contributed by atoms with Gasteiger partial charge in [-0.3, -0.25) is 9.78 Å². The zero-order valence-corrected chi connectivity index (χ0v) is 9.09. The Balaban J connectivity index is 1.90. The number of hydrogen-bond donors (Lipinski definition) is 2. The number of anilines is 1. The maximum Gasteiger partial charge on any atom is 0.268 e. The Morgan fingerprint density at radius 2 is 2.35 bits per heavy atom. The summed E-state index contributed by atoms with van der Waals surface area (Å²) in [5.41, 5.74) is 5.25. The van der Waals surface area contributed by atoms with Crippen LogP contribution in [0.3, 0.4) is 0 Å². The van der Waals surface area contributed by atoms with Crippen LogP contribution in [0.15, 0.2) is 35.2 Å². The number of nitrogens with two attached hydrogens (primary N) is 1. The van der Waals surface area contributed by atoms with E-state index in [1.165, 1.54) is 12.4 Å². The predicted octanol–water partition coefficient (Wildman–Crippen LogP) is 0.823. The van der Waals surface area contributed by atoms with E-state index in [-0.39, 0.29) is 5.69 Å². The van der Waals surface area contributed by atoms with Crippen molar-refractivity contribution in [2.45, 2.75) is 6.42 Å². The molecule has 1 amide bonds. The largest absolute Gasteiger partial charge is 0.469 e. The molecule has 0 unspecified atom stereocenters. The third-order valence-corrected chi connectivity index (χ3v) is 2.14. The van der Waals surface area contributed by atoms with Crippen molar-refractivity contribution in [2.75, 3.05) is 11.9 Å². The van der Waals surface area contributed by atoms with Crippen LogP contribution >= 0.6 is 0 Å². The molecule has 2 rings (SSSR count). The minimum Gasteiger partial charge on any atom is -0.469 e. The fraction of sp³-hybridized carbons (Fsp3) is 0.182. The minimum absolute atomic E-state index is 0.146. The quantitative estimate of drug-likeness (QED) is 0.796. The van der Waals surface area contributed by atoms with Crippen LogP contribution in [0.5, 0.6) is 0 Å². The molecule has 0 radical (unpaired) electrons. The Kier molecular flexibility index (Phi) is 3.34. The maximum atomic E-state index is 10.9. The molecule has 0 aromatic carbocycles. The Bertz CT molecular complexity index is 496. The molecule has 0 fully saturated rings. The minimum atomic E-state index is -0.591. The molecular formula is C11H12N4O2. The van der Waals surface area contributed by atoms with Gasteiger partial charge in [0.2, 0.25) is 0 Å². The molecule has 0 saturated heterocycles. The highest BCUT2D eigenvalue weighted by Crippen LogP contribution is 2.04. The summed E-state index contributed by atoms with van der Waals surface area (Å²) < 4.78 is 5.18. The van der Waals surface area contributed by atoms with E-state index in [9.17, 15) is 4.79 Å². The molecule has 0 saturated carbocycles. The number of rotatable bonds is 5. The molecule has 2 heterocycles. The summed E-state index contributed by atoms with van der Waals surface area (Å²) in [5.74, 6) is 0.816. The molecule has 3 N–H and O–H groups in total. The van der Waals surface area contributed by atoms with E-state index in [0.717, 1.165) is 12.2 Å². The Labute approximate surface area is 97.9 Å². The summed E-state index contributed by atoms with van der Waals surface area (Å²) in [6, 6.07) is 3.73. The Morgan fingerprint density at radius 3 is 3.06 bits per heavy atom. The van der Waals surface area contributed by atoms with Gasteiger partial charge in [-0.15, -0.1) is 0 Å². The number of carbonyl (C=O) groups excluding carboxylic acids is 1. The van der Waals surface area contributed by atoms with E-state index in [2.05, 4.69) is 15.3 Å². The van der Waals surface area contributed by atoms with E-state index < -0.39 is 5.91 Å². The second-order valence-corrected chi connectivity index (χ2v) is 3.41. The van der Waals surface area contributed by atoms with Gasteiger partial charge >= 0.3 is 0 Å². The van der Waals surface area contributed by atoms with Gasteiger partial charge in [-0.05, 0) is 12.1 Å². The standard InChI is InChI=1S/C11H12N4O2/c12-11(16)9-6-13-7-10(15-9)14-4-3-8-2-1-5-17-8/h1-2,5-7H,3-4H2,(H2,12,16)(H,14,15). The number of nitrogens with zero attached hydrogens (tertiary/aromatic N) is 2. The summed E-state index contributed by atoms with van der Waals surface area (Å²) in [4.78, 5) is 18.8. The molecule has 0 spiro atoms. The number of carbonyl (C=O) groups is 1. The van der Waals surface area contributed by atoms with Gasteiger partial charge in [-0.25, -0.2) is 4.98 Å². The van der Waals surface area contributed by atoms with Crippen LogP contribution in [0, 0.1) is 0 Å². The zero-order chi connectivity index (χ0) is 12.1. The molecule has 0 bridgehead atoms. The van der Waals surface area contributed by atoms with Crippen molar-refractivity contribution in [1.82, 2.24) is 9.97 Å². The first-order valence-electron chi connectivity index (χ1n) is 5.14. The molecular weight excluding hydrogens is 220 g/mol. The van der Waals surface area contributed by atoms with Crippen molar-refractivity contribution < 1.29 is 9.21 Å². The van der Waals surface area contributed by atoms with Gasteiger partial charge in [0.1, 0.15) is 17.3 Å². The first-order chi connectivity index (χ1) is 8.25. The molecule has 0 aliphatic rings. The average molecular weight is 232 g/mol. The molecule has 0 aliphatic carbocycles. The monoisotopic (exact) mass is 232 g/mol. The highest BCUT2D eigenvalue weighted by Gasteiger charge is 2.03. The lowest BCUT2D eigenvalue weighted by atomic mass is 10.3. The first-order valence-corrected chi connectivity index (χ1v) is 5.14. The first kappa shape index (κ1) is 11.1. The Morgan fingerprint density at radius 1 is 1.47 bits per heavy atom. The highest BCUT2D eigenvalue weighted by atomic mass is 16.3. The highest BCUT2D eigenvalue weighted by molar-refractivity contribution is 5.90. The van der Waals surface area contributed by atoms with Crippen molar-refractivity contribution >= 4 is 11.7 Å². The molecule has 2 aromatic rings. The third-order valence-electron chi connectivity index (χ3n) is 2.14. The smallest absolute Gasteiger partial charge is 0.268 e. The van der Waals surface area contributed by atoms with Gasteiger partial charge in [0.25, 0.3) is 5.91 Å². The second-order valence-electron chi connectivity index (χ2n) is 3.41. The van der Waals surface area contributed by atoms with Crippen molar-refractivity contribution in [2.24, 2.45) is 5.73 Å². The predicted molar refractivity (Wildman–Crippen MR) is 61.5 cm³/mol. The van der Waals surface area contributed by atoms with Gasteiger partial charge in [0.15, 0.2) is 0 Å². The van der Waals surface area contributed by atoms with Crippen molar-refractivity contribution in [3.8, 4) is 0 Å². The number of hydrogen-bond acceptors (Lipinski definition) is 5. The lowest BCUT2D eigenvalue weighted by Crippen LogP contribution is -2.15. The van der Waals surface area contributed by atoms with Crippen LogP contribution in [0.25, 0.3) is 0 Å². The van der Waals surface area contributed by atoms with Crippen molar-refractivity contribution in [3.05, 3.63) is 42.2 Å². The topological polar surface area (TPSA) is 94.0 Å². The number of nitrogens with one attached hydrogen (secondary N) is 1. The lowest BCUT2D eigenvalue weighted by Gasteiger charge is -2.04. The normalized spacial score (nSPS) is 10.1. The number of aromatic nitrogens is 2. The van der Waals surface area contributed by atoms with E-state index in [0.29, 0.717) is 12.4 Å². The van der Waals surface area contributed by atoms with E-state index in [1.54, 1.807) is 6.26 Å². The lowest BCUT2D eigenvalue weighted by molar-refractivity contribution is 0.0995. The van der Waals surface area contributed by atoms with Crippen LogP contribution in [0.4, 0.5) is 5.82 Å².